The molecule has 0 spiro atoms. The first-order valence-corrected chi connectivity index (χ1v) is 8.55. The molecule has 25 heavy (non-hydrogen) atoms. The fourth-order valence-corrected chi connectivity index (χ4v) is 3.21. The van der Waals surface area contributed by atoms with Crippen molar-refractivity contribution in [3.63, 3.8) is 0 Å². The van der Waals surface area contributed by atoms with E-state index >= 15 is 0 Å². The van der Waals surface area contributed by atoms with Gasteiger partial charge in [0, 0.05) is 6.04 Å². The number of aromatic carboxylic acids is 1. The Bertz CT molecular complexity index is 886. The number of carboxylic acids is 1. The maximum absolute atomic E-state index is 10.6. The third kappa shape index (κ3) is 4.25. The summed E-state index contributed by atoms with van der Waals surface area (Å²) in [4.78, 5) is 17.8. The van der Waals surface area contributed by atoms with Crippen LogP contribution in [-0.4, -0.2) is 27.1 Å². The van der Waals surface area contributed by atoms with Crippen LogP contribution >= 0.6 is 0 Å². The average molecular weight is 337 g/mol. The highest BCUT2D eigenvalue weighted by Gasteiger charge is 2.12. The molecule has 1 atom stereocenters. The molecular formula is C20H23N3O2. The van der Waals surface area contributed by atoms with Crippen molar-refractivity contribution in [1.29, 1.82) is 0 Å². The minimum atomic E-state index is -0.922. The molecule has 1 aromatic heterocycles. The molecule has 0 aliphatic heterocycles. The van der Waals surface area contributed by atoms with Crippen LogP contribution < -0.4 is 5.73 Å². The molecule has 1 aliphatic rings. The second-order valence-corrected chi connectivity index (χ2v) is 6.48. The van der Waals surface area contributed by atoms with E-state index in [0.29, 0.717) is 6.04 Å². The number of hydrogen-bond acceptors (Lipinski definition) is 3. The van der Waals surface area contributed by atoms with Gasteiger partial charge in [0.25, 0.3) is 0 Å². The number of benzene rings is 2. The van der Waals surface area contributed by atoms with Gasteiger partial charge in [-0.15, -0.1) is 0 Å². The Kier molecular flexibility index (Phi) is 5.14. The van der Waals surface area contributed by atoms with Crippen LogP contribution in [-0.2, 0) is 12.8 Å². The molecule has 0 radical (unpaired) electrons. The highest BCUT2D eigenvalue weighted by Crippen LogP contribution is 2.19. The Morgan fingerprint density at radius 3 is 2.76 bits per heavy atom. The van der Waals surface area contributed by atoms with E-state index in [1.54, 1.807) is 18.2 Å². The molecule has 0 fully saturated rings. The number of imidazole rings is 1. The lowest BCUT2D eigenvalue weighted by molar-refractivity contribution is 0.0697. The molecule has 5 nitrogen and oxygen atoms in total. The lowest BCUT2D eigenvalue weighted by atomic mass is 10.0. The van der Waals surface area contributed by atoms with Gasteiger partial charge in [0.1, 0.15) is 5.82 Å². The molecule has 0 saturated carbocycles. The number of rotatable bonds is 1. The third-order valence-electron chi connectivity index (χ3n) is 4.47. The standard InChI is InChI=1S/C11H15N.C9H8N2O2/c12-11-7-3-6-9-4-1-2-5-10(9)8-11;1-5-10-7-3-2-6(9(12)13)4-8(7)11-5/h1-2,4-5,11H,3,6-8,12H2;2-4H,1H3,(H,10,11)(H,12,13). The number of nitrogens with zero attached hydrogens (tertiary/aromatic N) is 1. The second-order valence-electron chi connectivity index (χ2n) is 6.48. The number of H-pyrrole nitrogens is 1. The Morgan fingerprint density at radius 1 is 1.24 bits per heavy atom. The number of aryl methyl sites for hydroxylation is 2. The summed E-state index contributed by atoms with van der Waals surface area (Å²) in [5, 5.41) is 8.72. The van der Waals surface area contributed by atoms with Crippen molar-refractivity contribution >= 4 is 17.0 Å². The number of aromatic nitrogens is 2. The molecule has 130 valence electrons. The van der Waals surface area contributed by atoms with Gasteiger partial charge in [-0.3, -0.25) is 0 Å². The summed E-state index contributed by atoms with van der Waals surface area (Å²) in [5.74, 6) is -0.133. The van der Waals surface area contributed by atoms with Gasteiger partial charge >= 0.3 is 5.97 Å². The van der Waals surface area contributed by atoms with Crippen LogP contribution in [0, 0.1) is 6.92 Å². The van der Waals surface area contributed by atoms with Gasteiger partial charge in [-0.05, 0) is 61.9 Å². The van der Waals surface area contributed by atoms with Crippen LogP contribution in [0.2, 0.25) is 0 Å². The highest BCUT2D eigenvalue weighted by atomic mass is 16.4. The van der Waals surface area contributed by atoms with Crippen molar-refractivity contribution in [2.75, 3.05) is 0 Å². The molecule has 1 aliphatic carbocycles. The molecular weight excluding hydrogens is 314 g/mol. The zero-order valence-corrected chi connectivity index (χ0v) is 14.3. The lowest BCUT2D eigenvalue weighted by Gasteiger charge is -2.07. The topological polar surface area (TPSA) is 92.0 Å². The van der Waals surface area contributed by atoms with E-state index in [-0.39, 0.29) is 5.56 Å². The third-order valence-corrected chi connectivity index (χ3v) is 4.47. The number of nitrogens with one attached hydrogen (secondary N) is 1. The number of aromatic amines is 1. The first-order valence-electron chi connectivity index (χ1n) is 8.55. The van der Waals surface area contributed by atoms with Gasteiger partial charge in [-0.1, -0.05) is 24.3 Å². The number of nitrogens with two attached hydrogens (primary N) is 1. The van der Waals surface area contributed by atoms with Gasteiger partial charge in [0.15, 0.2) is 0 Å². The molecule has 1 unspecified atom stereocenters. The van der Waals surface area contributed by atoms with Gasteiger partial charge in [-0.25, -0.2) is 9.78 Å². The normalized spacial score (nSPS) is 16.5. The fraction of sp³-hybridized carbons (Fsp3) is 0.300. The van der Waals surface area contributed by atoms with Gasteiger partial charge < -0.3 is 15.8 Å². The zero-order chi connectivity index (χ0) is 17.8. The largest absolute Gasteiger partial charge is 0.478 e. The number of fused-ring (bicyclic) bond motifs is 2. The van der Waals surface area contributed by atoms with Crippen LogP contribution in [0.5, 0.6) is 0 Å². The summed E-state index contributed by atoms with van der Waals surface area (Å²) in [7, 11) is 0. The molecule has 5 heteroatoms. The van der Waals surface area contributed by atoms with E-state index in [1.165, 1.54) is 30.4 Å². The monoisotopic (exact) mass is 337 g/mol. The Balaban J connectivity index is 0.000000146. The fourth-order valence-electron chi connectivity index (χ4n) is 3.21. The van der Waals surface area contributed by atoms with Crippen molar-refractivity contribution < 1.29 is 9.90 Å². The predicted molar refractivity (Wildman–Crippen MR) is 98.8 cm³/mol. The van der Waals surface area contributed by atoms with E-state index in [2.05, 4.69) is 34.2 Å². The Labute approximate surface area is 146 Å². The number of carbonyl (C=O) groups is 1. The molecule has 0 saturated heterocycles. The van der Waals surface area contributed by atoms with E-state index in [4.69, 9.17) is 10.8 Å². The van der Waals surface area contributed by atoms with E-state index in [0.717, 1.165) is 23.3 Å². The molecule has 4 rings (SSSR count). The van der Waals surface area contributed by atoms with E-state index in [1.807, 2.05) is 6.92 Å². The van der Waals surface area contributed by atoms with Crippen LogP contribution in [0.4, 0.5) is 0 Å². The van der Waals surface area contributed by atoms with Crippen molar-refractivity contribution in [3.05, 3.63) is 65.0 Å². The first kappa shape index (κ1) is 17.2. The molecule has 4 N–H and O–H groups in total. The maximum atomic E-state index is 10.6. The van der Waals surface area contributed by atoms with Gasteiger partial charge in [0.05, 0.1) is 16.6 Å². The molecule has 0 bridgehead atoms. The van der Waals surface area contributed by atoms with E-state index < -0.39 is 5.97 Å². The smallest absolute Gasteiger partial charge is 0.335 e. The summed E-state index contributed by atoms with van der Waals surface area (Å²) in [6, 6.07) is 13.9. The number of hydrogen-bond donors (Lipinski definition) is 3. The average Bonchev–Trinajstić information content (AvgIpc) is 2.84. The predicted octanol–water partition coefficient (Wildman–Crippen LogP) is 3.46. The van der Waals surface area contributed by atoms with Crippen LogP contribution in [0.3, 0.4) is 0 Å². The first-order chi connectivity index (χ1) is 12.0. The highest BCUT2D eigenvalue weighted by molar-refractivity contribution is 5.92. The zero-order valence-electron chi connectivity index (χ0n) is 14.3. The summed E-state index contributed by atoms with van der Waals surface area (Å²) in [6.07, 6.45) is 4.70. The maximum Gasteiger partial charge on any atom is 0.335 e. The van der Waals surface area contributed by atoms with Crippen molar-refractivity contribution in [1.82, 2.24) is 9.97 Å². The van der Waals surface area contributed by atoms with Crippen molar-refractivity contribution in [3.8, 4) is 0 Å². The molecule has 3 aromatic rings. The SMILES string of the molecule is Cc1nc2ccc(C(=O)O)cc2[nH]1.NC1CCCc2ccccc2C1. The van der Waals surface area contributed by atoms with Crippen LogP contribution in [0.1, 0.15) is 40.2 Å². The Morgan fingerprint density at radius 2 is 2.00 bits per heavy atom. The quantitative estimate of drug-likeness (QED) is 0.593. The van der Waals surface area contributed by atoms with Crippen molar-refractivity contribution in [2.45, 2.75) is 38.6 Å². The Hall–Kier alpha value is -2.66. The summed E-state index contributed by atoms with van der Waals surface area (Å²) in [6.45, 7) is 1.83. The van der Waals surface area contributed by atoms with Crippen molar-refractivity contribution in [2.24, 2.45) is 5.73 Å². The van der Waals surface area contributed by atoms with Gasteiger partial charge in [0.2, 0.25) is 0 Å². The molecule has 0 amide bonds. The number of carboxylic acid groups (broad SMARTS) is 1. The molecule has 2 aromatic carbocycles. The summed E-state index contributed by atoms with van der Waals surface area (Å²) < 4.78 is 0. The van der Waals surface area contributed by atoms with E-state index in [9.17, 15) is 4.79 Å². The second kappa shape index (κ2) is 7.49. The van der Waals surface area contributed by atoms with Gasteiger partial charge in [-0.2, -0.15) is 0 Å². The van der Waals surface area contributed by atoms with Crippen LogP contribution in [0.15, 0.2) is 42.5 Å². The summed E-state index contributed by atoms with van der Waals surface area (Å²) in [5.41, 5.74) is 10.7. The lowest BCUT2D eigenvalue weighted by Crippen LogP contribution is -2.21. The summed E-state index contributed by atoms with van der Waals surface area (Å²) >= 11 is 0. The molecule has 1 heterocycles. The van der Waals surface area contributed by atoms with Crippen LogP contribution in [0.25, 0.3) is 11.0 Å². The minimum Gasteiger partial charge on any atom is -0.478 e. The minimum absolute atomic E-state index is 0.274.